The third-order valence-electron chi connectivity index (χ3n) is 2.24. The van der Waals surface area contributed by atoms with E-state index in [2.05, 4.69) is 20.7 Å². The Morgan fingerprint density at radius 2 is 2.29 bits per heavy atom. The lowest BCUT2D eigenvalue weighted by molar-refractivity contribution is 0.731. The van der Waals surface area contributed by atoms with E-state index in [1.807, 2.05) is 6.92 Å². The van der Waals surface area contributed by atoms with Gasteiger partial charge in [0.15, 0.2) is 5.13 Å². The highest BCUT2D eigenvalue weighted by Gasteiger charge is 2.05. The zero-order valence-electron chi connectivity index (χ0n) is 8.42. The van der Waals surface area contributed by atoms with E-state index in [4.69, 9.17) is 0 Å². The Bertz CT molecular complexity index is 330. The molecule has 0 spiro atoms. The summed E-state index contributed by atoms with van der Waals surface area (Å²) >= 11 is 1.65. The third kappa shape index (κ3) is 2.54. The lowest BCUT2D eigenvalue weighted by atomic mass is 10.2. The first-order valence-corrected chi connectivity index (χ1v) is 5.95. The zero-order valence-corrected chi connectivity index (χ0v) is 9.23. The SMILES string of the molecule is Cc1csc(NC2=NCCCCC2)n1. The number of thiazole rings is 1. The van der Waals surface area contributed by atoms with Crippen LogP contribution in [0, 0.1) is 6.92 Å². The lowest BCUT2D eigenvalue weighted by Gasteiger charge is -2.03. The molecule has 0 aliphatic carbocycles. The summed E-state index contributed by atoms with van der Waals surface area (Å²) in [7, 11) is 0. The molecule has 0 radical (unpaired) electrons. The molecule has 0 amide bonds. The van der Waals surface area contributed by atoms with Gasteiger partial charge in [-0.05, 0) is 19.8 Å². The molecule has 1 aromatic rings. The van der Waals surface area contributed by atoms with Gasteiger partial charge in [0.25, 0.3) is 0 Å². The van der Waals surface area contributed by atoms with Gasteiger partial charge < -0.3 is 5.32 Å². The van der Waals surface area contributed by atoms with Crippen molar-refractivity contribution in [3.05, 3.63) is 11.1 Å². The summed E-state index contributed by atoms with van der Waals surface area (Å²) in [5.74, 6) is 1.11. The van der Waals surface area contributed by atoms with Crippen LogP contribution in [0.25, 0.3) is 0 Å². The molecule has 1 N–H and O–H groups in total. The van der Waals surface area contributed by atoms with Gasteiger partial charge in [0.05, 0.1) is 5.69 Å². The van der Waals surface area contributed by atoms with Crippen LogP contribution in [0.2, 0.25) is 0 Å². The minimum Gasteiger partial charge on any atom is -0.320 e. The predicted molar refractivity (Wildman–Crippen MR) is 61.2 cm³/mol. The summed E-state index contributed by atoms with van der Waals surface area (Å²) in [6.45, 7) is 2.98. The molecule has 0 fully saturated rings. The van der Waals surface area contributed by atoms with Crippen LogP contribution in [0.15, 0.2) is 10.4 Å². The number of aromatic nitrogens is 1. The minimum absolute atomic E-state index is 0.965. The number of aliphatic imine (C=N–C) groups is 1. The molecule has 0 unspecified atom stereocenters. The minimum atomic E-state index is 0.965. The van der Waals surface area contributed by atoms with Gasteiger partial charge >= 0.3 is 0 Å². The highest BCUT2D eigenvalue weighted by atomic mass is 32.1. The molecule has 0 saturated heterocycles. The summed E-state index contributed by atoms with van der Waals surface area (Å²) in [4.78, 5) is 8.86. The van der Waals surface area contributed by atoms with Gasteiger partial charge in [-0.25, -0.2) is 4.98 Å². The second-order valence-electron chi connectivity index (χ2n) is 3.56. The Kier molecular flexibility index (Phi) is 3.14. The molecule has 2 rings (SSSR count). The number of anilines is 1. The first-order valence-electron chi connectivity index (χ1n) is 5.07. The standard InChI is InChI=1S/C10H15N3S/c1-8-7-14-10(12-8)13-9-5-3-2-4-6-11-9/h7H,2-6H2,1H3,(H,11,12,13). The summed E-state index contributed by atoms with van der Waals surface area (Å²) in [6.07, 6.45) is 4.84. The number of rotatable bonds is 1. The number of hydrogen-bond donors (Lipinski definition) is 1. The molecule has 14 heavy (non-hydrogen) atoms. The fourth-order valence-corrected chi connectivity index (χ4v) is 2.22. The molecule has 0 bridgehead atoms. The van der Waals surface area contributed by atoms with E-state index in [0.717, 1.165) is 29.6 Å². The maximum absolute atomic E-state index is 4.50. The average molecular weight is 209 g/mol. The lowest BCUT2D eigenvalue weighted by Crippen LogP contribution is -2.11. The number of nitrogens with zero attached hydrogens (tertiary/aromatic N) is 2. The fourth-order valence-electron chi connectivity index (χ4n) is 1.51. The van der Waals surface area contributed by atoms with E-state index in [0.29, 0.717) is 0 Å². The third-order valence-corrected chi connectivity index (χ3v) is 3.12. The van der Waals surface area contributed by atoms with E-state index in [1.165, 1.54) is 19.3 Å². The van der Waals surface area contributed by atoms with Crippen LogP contribution in [0.4, 0.5) is 5.13 Å². The molecule has 76 valence electrons. The Labute approximate surface area is 88.3 Å². The van der Waals surface area contributed by atoms with Crippen molar-refractivity contribution < 1.29 is 0 Å². The molecular weight excluding hydrogens is 194 g/mol. The van der Waals surface area contributed by atoms with E-state index < -0.39 is 0 Å². The average Bonchev–Trinajstić information content (AvgIpc) is 2.43. The second kappa shape index (κ2) is 4.55. The number of amidine groups is 1. The van der Waals surface area contributed by atoms with Crippen molar-refractivity contribution in [1.29, 1.82) is 0 Å². The van der Waals surface area contributed by atoms with Crippen LogP contribution in [-0.2, 0) is 0 Å². The molecule has 2 heterocycles. The maximum Gasteiger partial charge on any atom is 0.188 e. The normalized spacial score (nSPS) is 17.4. The quantitative estimate of drug-likeness (QED) is 0.772. The molecule has 3 nitrogen and oxygen atoms in total. The number of aryl methyl sites for hydroxylation is 1. The van der Waals surface area contributed by atoms with Crippen LogP contribution in [0.3, 0.4) is 0 Å². The van der Waals surface area contributed by atoms with Crippen molar-refractivity contribution in [3.8, 4) is 0 Å². The van der Waals surface area contributed by atoms with Crippen molar-refractivity contribution in [2.75, 3.05) is 11.9 Å². The van der Waals surface area contributed by atoms with E-state index in [1.54, 1.807) is 11.3 Å². The van der Waals surface area contributed by atoms with Gasteiger partial charge in [-0.3, -0.25) is 4.99 Å². The van der Waals surface area contributed by atoms with Crippen LogP contribution in [0.1, 0.15) is 31.4 Å². The van der Waals surface area contributed by atoms with Crippen LogP contribution >= 0.6 is 11.3 Å². The highest BCUT2D eigenvalue weighted by Crippen LogP contribution is 2.16. The van der Waals surface area contributed by atoms with Crippen molar-refractivity contribution in [1.82, 2.24) is 4.98 Å². The highest BCUT2D eigenvalue weighted by molar-refractivity contribution is 7.13. The predicted octanol–water partition coefficient (Wildman–Crippen LogP) is 2.84. The molecule has 0 aromatic carbocycles. The molecule has 1 aliphatic heterocycles. The molecule has 1 aromatic heterocycles. The van der Waals surface area contributed by atoms with Gasteiger partial charge in [0, 0.05) is 18.3 Å². The van der Waals surface area contributed by atoms with Gasteiger partial charge in [-0.15, -0.1) is 11.3 Å². The molecule has 4 heteroatoms. The van der Waals surface area contributed by atoms with E-state index in [-0.39, 0.29) is 0 Å². The molecule has 0 saturated carbocycles. The number of hydrogen-bond acceptors (Lipinski definition) is 4. The smallest absolute Gasteiger partial charge is 0.188 e. The first kappa shape index (κ1) is 9.65. The van der Waals surface area contributed by atoms with Gasteiger partial charge in [0.2, 0.25) is 0 Å². The van der Waals surface area contributed by atoms with Gasteiger partial charge in [-0.1, -0.05) is 6.42 Å². The summed E-state index contributed by atoms with van der Waals surface area (Å²) in [5.41, 5.74) is 1.08. The molecule has 0 atom stereocenters. The Hall–Kier alpha value is -0.900. The fraction of sp³-hybridized carbons (Fsp3) is 0.600. The van der Waals surface area contributed by atoms with Crippen molar-refractivity contribution in [3.63, 3.8) is 0 Å². The van der Waals surface area contributed by atoms with Crippen LogP contribution in [0.5, 0.6) is 0 Å². The Morgan fingerprint density at radius 1 is 1.36 bits per heavy atom. The van der Waals surface area contributed by atoms with Crippen LogP contribution in [-0.4, -0.2) is 17.4 Å². The topological polar surface area (TPSA) is 37.3 Å². The zero-order chi connectivity index (χ0) is 9.80. The summed E-state index contributed by atoms with van der Waals surface area (Å²) < 4.78 is 0. The van der Waals surface area contributed by atoms with E-state index in [9.17, 15) is 0 Å². The second-order valence-corrected chi connectivity index (χ2v) is 4.42. The molecular formula is C10H15N3S. The van der Waals surface area contributed by atoms with Crippen LogP contribution < -0.4 is 5.32 Å². The van der Waals surface area contributed by atoms with Crippen molar-refractivity contribution in [2.24, 2.45) is 4.99 Å². The van der Waals surface area contributed by atoms with Gasteiger partial charge in [-0.2, -0.15) is 0 Å². The van der Waals surface area contributed by atoms with Gasteiger partial charge in [0.1, 0.15) is 5.84 Å². The number of nitrogens with one attached hydrogen (secondary N) is 1. The van der Waals surface area contributed by atoms with Crippen molar-refractivity contribution in [2.45, 2.75) is 32.6 Å². The molecule has 1 aliphatic rings. The largest absolute Gasteiger partial charge is 0.320 e. The monoisotopic (exact) mass is 209 g/mol. The summed E-state index contributed by atoms with van der Waals surface area (Å²) in [6, 6.07) is 0. The van der Waals surface area contributed by atoms with Crippen molar-refractivity contribution >= 4 is 22.3 Å². The van der Waals surface area contributed by atoms with E-state index >= 15 is 0 Å². The Morgan fingerprint density at radius 3 is 3.07 bits per heavy atom. The summed E-state index contributed by atoms with van der Waals surface area (Å²) in [5, 5.41) is 6.33. The first-order chi connectivity index (χ1) is 6.84. The maximum atomic E-state index is 4.50. The Balaban J connectivity index is 1.99.